The first-order valence-electron chi connectivity index (χ1n) is 10.2. The molecule has 138 valence electrons. The van der Waals surface area contributed by atoms with Crippen LogP contribution in [0, 0.1) is 0 Å². The lowest BCUT2D eigenvalue weighted by Crippen LogP contribution is -2.42. The fraction of sp³-hybridized carbons (Fsp3) is 0.667. The molecule has 1 heterocycles. The van der Waals surface area contributed by atoms with Crippen molar-refractivity contribution in [3.8, 4) is 0 Å². The lowest BCUT2D eigenvalue weighted by Gasteiger charge is -2.27. The van der Waals surface area contributed by atoms with Crippen molar-refractivity contribution in [3.63, 3.8) is 0 Å². The Morgan fingerprint density at radius 3 is 2.48 bits per heavy atom. The quantitative estimate of drug-likeness (QED) is 0.612. The van der Waals surface area contributed by atoms with E-state index in [-0.39, 0.29) is 0 Å². The Morgan fingerprint density at radius 1 is 1.04 bits per heavy atom. The van der Waals surface area contributed by atoms with E-state index in [2.05, 4.69) is 46.7 Å². The van der Waals surface area contributed by atoms with Crippen LogP contribution in [0.15, 0.2) is 29.3 Å². The number of hydrogen-bond acceptors (Lipinski definition) is 2. The van der Waals surface area contributed by atoms with Crippen molar-refractivity contribution < 1.29 is 0 Å². The molecule has 2 fully saturated rings. The van der Waals surface area contributed by atoms with Gasteiger partial charge in [-0.1, -0.05) is 43.5 Å². The number of aliphatic imine (C=N–C) groups is 1. The van der Waals surface area contributed by atoms with Gasteiger partial charge in [0.2, 0.25) is 0 Å². The van der Waals surface area contributed by atoms with Crippen molar-refractivity contribution in [2.45, 2.75) is 71.0 Å². The van der Waals surface area contributed by atoms with Crippen LogP contribution in [0.5, 0.6) is 0 Å². The van der Waals surface area contributed by atoms with E-state index < -0.39 is 0 Å². The zero-order valence-electron chi connectivity index (χ0n) is 15.8. The van der Waals surface area contributed by atoms with Crippen LogP contribution in [0.2, 0.25) is 0 Å². The third kappa shape index (κ3) is 5.74. The van der Waals surface area contributed by atoms with E-state index in [1.807, 2.05) is 0 Å². The van der Waals surface area contributed by atoms with Gasteiger partial charge in [-0.05, 0) is 56.8 Å². The van der Waals surface area contributed by atoms with Gasteiger partial charge in [0, 0.05) is 19.1 Å². The molecule has 0 radical (unpaired) electrons. The number of nitrogens with zero attached hydrogens (tertiary/aromatic N) is 2. The van der Waals surface area contributed by atoms with Crippen LogP contribution in [0.3, 0.4) is 0 Å². The summed E-state index contributed by atoms with van der Waals surface area (Å²) in [5, 5.41) is 7.03. The van der Waals surface area contributed by atoms with Gasteiger partial charge in [0.1, 0.15) is 0 Å². The molecule has 2 aliphatic rings. The highest BCUT2D eigenvalue weighted by Crippen LogP contribution is 2.18. The average Bonchev–Trinajstić information content (AvgIpc) is 3.15. The van der Waals surface area contributed by atoms with Crippen LogP contribution in [0.25, 0.3) is 0 Å². The first kappa shape index (κ1) is 18.2. The number of likely N-dealkylation sites (tertiary alicyclic amines) is 1. The predicted octanol–water partition coefficient (Wildman–Crippen LogP) is 3.67. The standard InChI is InChI=1S/C21H34N4/c1-2-22-21(24-20-12-6-7-13-20)23-16-18-10-4-5-11-19(18)17-25-14-8-3-9-15-25/h4-5,10-11,20H,2-3,6-9,12-17H2,1H3,(H2,22,23,24). The number of nitrogens with one attached hydrogen (secondary N) is 2. The van der Waals surface area contributed by atoms with E-state index in [4.69, 9.17) is 4.99 Å². The third-order valence-electron chi connectivity index (χ3n) is 5.41. The van der Waals surface area contributed by atoms with Gasteiger partial charge in [0.15, 0.2) is 5.96 Å². The topological polar surface area (TPSA) is 39.7 Å². The number of benzene rings is 1. The second kappa shape index (κ2) is 9.81. The Bertz CT molecular complexity index is 543. The number of hydrogen-bond donors (Lipinski definition) is 2. The molecular weight excluding hydrogens is 308 g/mol. The fourth-order valence-electron chi connectivity index (χ4n) is 3.97. The van der Waals surface area contributed by atoms with E-state index >= 15 is 0 Å². The van der Waals surface area contributed by atoms with Gasteiger partial charge in [0.05, 0.1) is 6.54 Å². The molecule has 0 unspecified atom stereocenters. The highest BCUT2D eigenvalue weighted by atomic mass is 15.2. The van der Waals surface area contributed by atoms with Crippen LogP contribution in [0.4, 0.5) is 0 Å². The van der Waals surface area contributed by atoms with Gasteiger partial charge in [-0.25, -0.2) is 4.99 Å². The average molecular weight is 343 g/mol. The second-order valence-corrected chi connectivity index (χ2v) is 7.43. The summed E-state index contributed by atoms with van der Waals surface area (Å²) in [7, 11) is 0. The number of rotatable bonds is 6. The van der Waals surface area contributed by atoms with Crippen molar-refractivity contribution in [1.82, 2.24) is 15.5 Å². The molecule has 1 aromatic carbocycles. The van der Waals surface area contributed by atoms with Crippen LogP contribution in [-0.2, 0) is 13.1 Å². The molecule has 4 heteroatoms. The smallest absolute Gasteiger partial charge is 0.191 e. The van der Waals surface area contributed by atoms with E-state index in [1.54, 1.807) is 0 Å². The van der Waals surface area contributed by atoms with Crippen molar-refractivity contribution in [2.24, 2.45) is 4.99 Å². The molecule has 1 aromatic rings. The summed E-state index contributed by atoms with van der Waals surface area (Å²) in [5.74, 6) is 0.974. The minimum Gasteiger partial charge on any atom is -0.357 e. The van der Waals surface area contributed by atoms with Gasteiger partial charge >= 0.3 is 0 Å². The Hall–Kier alpha value is -1.55. The highest BCUT2D eigenvalue weighted by Gasteiger charge is 2.16. The molecule has 1 saturated carbocycles. The molecule has 1 saturated heterocycles. The van der Waals surface area contributed by atoms with Crippen LogP contribution < -0.4 is 10.6 Å². The summed E-state index contributed by atoms with van der Waals surface area (Å²) in [4.78, 5) is 7.47. The van der Waals surface area contributed by atoms with Gasteiger partial charge in [-0.2, -0.15) is 0 Å². The molecule has 0 aromatic heterocycles. The van der Waals surface area contributed by atoms with Gasteiger partial charge in [-0.15, -0.1) is 0 Å². The minimum absolute atomic E-state index is 0.599. The zero-order valence-corrected chi connectivity index (χ0v) is 15.8. The lowest BCUT2D eigenvalue weighted by molar-refractivity contribution is 0.220. The van der Waals surface area contributed by atoms with Crippen LogP contribution in [0.1, 0.15) is 63.0 Å². The monoisotopic (exact) mass is 342 g/mol. The Labute approximate surface area is 153 Å². The van der Waals surface area contributed by atoms with E-state index in [0.717, 1.165) is 25.6 Å². The summed E-state index contributed by atoms with van der Waals surface area (Å²) in [6, 6.07) is 9.41. The highest BCUT2D eigenvalue weighted by molar-refractivity contribution is 5.80. The Balaban J connectivity index is 1.63. The van der Waals surface area contributed by atoms with Crippen molar-refractivity contribution in [3.05, 3.63) is 35.4 Å². The summed E-state index contributed by atoms with van der Waals surface area (Å²) in [6.45, 7) is 7.35. The summed E-state index contributed by atoms with van der Waals surface area (Å²) in [6.07, 6.45) is 9.31. The Morgan fingerprint density at radius 2 is 1.76 bits per heavy atom. The molecule has 25 heavy (non-hydrogen) atoms. The SMILES string of the molecule is CCNC(=NCc1ccccc1CN1CCCCC1)NC1CCCC1. The van der Waals surface area contributed by atoms with Gasteiger partial charge < -0.3 is 10.6 Å². The zero-order chi connectivity index (χ0) is 17.3. The van der Waals surface area contributed by atoms with E-state index in [1.165, 1.54) is 69.2 Å². The molecule has 0 bridgehead atoms. The maximum absolute atomic E-state index is 4.88. The first-order valence-corrected chi connectivity index (χ1v) is 10.2. The molecule has 1 aliphatic heterocycles. The summed E-state index contributed by atoms with van der Waals surface area (Å²) in [5.41, 5.74) is 2.79. The van der Waals surface area contributed by atoms with Gasteiger partial charge in [-0.3, -0.25) is 4.90 Å². The fourth-order valence-corrected chi connectivity index (χ4v) is 3.97. The molecular formula is C21H34N4. The normalized spacial score (nSPS) is 20.0. The Kier molecular flexibility index (Phi) is 7.16. The lowest BCUT2D eigenvalue weighted by atomic mass is 10.1. The molecule has 4 nitrogen and oxygen atoms in total. The molecule has 3 rings (SSSR count). The van der Waals surface area contributed by atoms with Crippen molar-refractivity contribution in [1.29, 1.82) is 0 Å². The van der Waals surface area contributed by atoms with E-state index in [9.17, 15) is 0 Å². The van der Waals surface area contributed by atoms with Crippen molar-refractivity contribution >= 4 is 5.96 Å². The molecule has 0 atom stereocenters. The van der Waals surface area contributed by atoms with Crippen molar-refractivity contribution in [2.75, 3.05) is 19.6 Å². The number of piperidine rings is 1. The van der Waals surface area contributed by atoms with Gasteiger partial charge in [0.25, 0.3) is 0 Å². The minimum atomic E-state index is 0.599. The third-order valence-corrected chi connectivity index (χ3v) is 5.41. The maximum Gasteiger partial charge on any atom is 0.191 e. The largest absolute Gasteiger partial charge is 0.357 e. The maximum atomic E-state index is 4.88. The molecule has 1 aliphatic carbocycles. The van der Waals surface area contributed by atoms with Crippen LogP contribution in [-0.4, -0.2) is 36.5 Å². The molecule has 0 amide bonds. The first-order chi connectivity index (χ1) is 12.3. The summed E-state index contributed by atoms with van der Waals surface area (Å²) >= 11 is 0. The van der Waals surface area contributed by atoms with Crippen LogP contribution >= 0.6 is 0 Å². The predicted molar refractivity (Wildman–Crippen MR) is 106 cm³/mol. The second-order valence-electron chi connectivity index (χ2n) is 7.43. The summed E-state index contributed by atoms with van der Waals surface area (Å²) < 4.78 is 0. The van der Waals surface area contributed by atoms with E-state index in [0.29, 0.717) is 6.04 Å². The molecule has 0 spiro atoms. The molecule has 2 N–H and O–H groups in total. The number of guanidine groups is 1.